The minimum Gasteiger partial charge on any atom is -0.497 e. The number of guanidine groups is 1. The molecule has 1 saturated heterocycles. The average molecular weight is 430 g/mol. The number of amides is 1. The summed E-state index contributed by atoms with van der Waals surface area (Å²) in [5.74, 6) is 1.46. The van der Waals surface area contributed by atoms with Crippen molar-refractivity contribution in [3.05, 3.63) is 59.1 Å². The van der Waals surface area contributed by atoms with Gasteiger partial charge < -0.3 is 25.2 Å². The number of ether oxygens (including phenoxy) is 1. The average Bonchev–Trinajstić information content (AvgIpc) is 2.80. The van der Waals surface area contributed by atoms with Gasteiger partial charge in [-0.05, 0) is 42.0 Å². The zero-order chi connectivity index (χ0) is 21.3. The molecule has 30 heavy (non-hydrogen) atoms. The molecule has 2 aromatic rings. The van der Waals surface area contributed by atoms with Gasteiger partial charge in [0.15, 0.2) is 5.96 Å². The minimum absolute atomic E-state index is 0.0649. The number of carbonyl (C=O) groups is 1. The summed E-state index contributed by atoms with van der Waals surface area (Å²) in [6, 6.07) is 15.6. The molecule has 0 bridgehead atoms. The quantitative estimate of drug-likeness (QED) is 0.545. The normalized spacial score (nSPS) is 14.4. The second kappa shape index (κ2) is 10.7. The molecule has 1 fully saturated rings. The van der Waals surface area contributed by atoms with Crippen LogP contribution in [-0.4, -0.2) is 63.6 Å². The van der Waals surface area contributed by atoms with Gasteiger partial charge in [-0.15, -0.1) is 0 Å². The lowest BCUT2D eigenvalue weighted by molar-refractivity contribution is -0.130. The van der Waals surface area contributed by atoms with Crippen LogP contribution in [0.25, 0.3) is 0 Å². The molecule has 0 atom stereocenters. The molecule has 1 aliphatic heterocycles. The van der Waals surface area contributed by atoms with E-state index in [1.54, 1.807) is 14.2 Å². The van der Waals surface area contributed by atoms with E-state index in [9.17, 15) is 4.79 Å². The van der Waals surface area contributed by atoms with Crippen molar-refractivity contribution in [2.24, 2.45) is 4.99 Å². The molecule has 3 rings (SSSR count). The fraction of sp³-hybridized carbons (Fsp3) is 0.364. The number of piperazine rings is 1. The summed E-state index contributed by atoms with van der Waals surface area (Å²) < 4.78 is 5.24. The molecule has 7 nitrogen and oxygen atoms in total. The topological polar surface area (TPSA) is 69.2 Å². The van der Waals surface area contributed by atoms with Gasteiger partial charge in [-0.3, -0.25) is 9.79 Å². The van der Waals surface area contributed by atoms with E-state index >= 15 is 0 Å². The van der Waals surface area contributed by atoms with E-state index < -0.39 is 0 Å². The van der Waals surface area contributed by atoms with E-state index in [-0.39, 0.29) is 12.5 Å². The van der Waals surface area contributed by atoms with Crippen molar-refractivity contribution in [1.82, 2.24) is 15.5 Å². The Bertz CT molecular complexity index is 864. The summed E-state index contributed by atoms with van der Waals surface area (Å²) in [6.07, 6.45) is 0. The molecule has 1 aliphatic rings. The van der Waals surface area contributed by atoms with Gasteiger partial charge in [0.25, 0.3) is 0 Å². The molecular weight excluding hydrogens is 402 g/mol. The smallest absolute Gasteiger partial charge is 0.242 e. The van der Waals surface area contributed by atoms with Gasteiger partial charge in [0.05, 0.1) is 13.7 Å². The van der Waals surface area contributed by atoms with Gasteiger partial charge >= 0.3 is 0 Å². The minimum atomic E-state index is 0.0649. The highest BCUT2D eigenvalue weighted by Crippen LogP contribution is 2.19. The number of aliphatic imine (C=N–C) groups is 1. The van der Waals surface area contributed by atoms with Gasteiger partial charge in [0.1, 0.15) is 5.75 Å². The highest BCUT2D eigenvalue weighted by atomic mass is 35.5. The Morgan fingerprint density at radius 2 is 1.83 bits per heavy atom. The molecule has 2 N–H and O–H groups in total. The summed E-state index contributed by atoms with van der Waals surface area (Å²) in [5.41, 5.74) is 2.20. The van der Waals surface area contributed by atoms with E-state index in [2.05, 4.69) is 20.5 Å². The number of anilines is 1. The lowest BCUT2D eigenvalue weighted by Gasteiger charge is -2.36. The summed E-state index contributed by atoms with van der Waals surface area (Å²) >= 11 is 5.96. The van der Waals surface area contributed by atoms with Crippen LogP contribution in [0.5, 0.6) is 5.75 Å². The number of hydrogen-bond acceptors (Lipinski definition) is 4. The molecule has 1 heterocycles. The molecule has 8 heteroatoms. The highest BCUT2D eigenvalue weighted by molar-refractivity contribution is 6.30. The van der Waals surface area contributed by atoms with Gasteiger partial charge in [-0.25, -0.2) is 0 Å². The zero-order valence-electron chi connectivity index (χ0n) is 17.4. The van der Waals surface area contributed by atoms with Crippen LogP contribution in [0.3, 0.4) is 0 Å². The van der Waals surface area contributed by atoms with Crippen LogP contribution >= 0.6 is 11.6 Å². The molecular formula is C22H28ClN5O2. The number of carbonyl (C=O) groups excluding carboxylic acids is 1. The molecule has 0 unspecified atom stereocenters. The Kier molecular flexibility index (Phi) is 7.79. The maximum Gasteiger partial charge on any atom is 0.242 e. The molecule has 160 valence electrons. The predicted molar refractivity (Wildman–Crippen MR) is 121 cm³/mol. The van der Waals surface area contributed by atoms with E-state index in [1.165, 1.54) is 0 Å². The maximum absolute atomic E-state index is 12.6. The van der Waals surface area contributed by atoms with Crippen molar-refractivity contribution < 1.29 is 9.53 Å². The van der Waals surface area contributed by atoms with Crippen LogP contribution in [0.4, 0.5) is 5.69 Å². The van der Waals surface area contributed by atoms with Crippen LogP contribution < -0.4 is 20.3 Å². The number of hydrogen-bond donors (Lipinski definition) is 2. The van der Waals surface area contributed by atoms with E-state index in [0.29, 0.717) is 25.6 Å². The third kappa shape index (κ3) is 6.03. The standard InChI is InChI=1S/C22H28ClN5O2/c1-24-22(25-15-17-4-3-5-20(14-17)30-2)26-16-21(29)28-12-10-27(11-13-28)19-8-6-18(23)7-9-19/h3-9,14H,10-13,15-16H2,1-2H3,(H2,24,25,26). The third-order valence-corrected chi connectivity index (χ3v) is 5.30. The summed E-state index contributed by atoms with van der Waals surface area (Å²) in [6.45, 7) is 3.79. The lowest BCUT2D eigenvalue weighted by atomic mass is 10.2. The Labute approximate surface area is 182 Å². The first-order chi connectivity index (χ1) is 14.6. The molecule has 2 aromatic carbocycles. The summed E-state index contributed by atoms with van der Waals surface area (Å²) in [7, 11) is 3.34. The highest BCUT2D eigenvalue weighted by Gasteiger charge is 2.21. The van der Waals surface area contributed by atoms with Crippen molar-refractivity contribution in [3.8, 4) is 5.75 Å². The fourth-order valence-electron chi connectivity index (χ4n) is 3.33. The van der Waals surface area contributed by atoms with Crippen molar-refractivity contribution in [3.63, 3.8) is 0 Å². The zero-order valence-corrected chi connectivity index (χ0v) is 18.2. The SMILES string of the molecule is CN=C(NCC(=O)N1CCN(c2ccc(Cl)cc2)CC1)NCc1cccc(OC)c1. The predicted octanol–water partition coefficient (Wildman–Crippen LogP) is 2.36. The van der Waals surface area contributed by atoms with Gasteiger partial charge in [0.2, 0.25) is 5.91 Å². The number of halogens is 1. The Hall–Kier alpha value is -2.93. The second-order valence-corrected chi connectivity index (χ2v) is 7.41. The first kappa shape index (κ1) is 21.8. The second-order valence-electron chi connectivity index (χ2n) is 6.98. The Morgan fingerprint density at radius 3 is 2.50 bits per heavy atom. The van der Waals surface area contributed by atoms with Gasteiger partial charge in [-0.2, -0.15) is 0 Å². The van der Waals surface area contributed by atoms with Crippen molar-refractivity contribution in [2.75, 3.05) is 51.8 Å². The van der Waals surface area contributed by atoms with Crippen molar-refractivity contribution in [2.45, 2.75) is 6.54 Å². The maximum atomic E-state index is 12.6. The first-order valence-electron chi connectivity index (χ1n) is 9.95. The molecule has 0 aromatic heterocycles. The summed E-state index contributed by atoms with van der Waals surface area (Å²) in [5, 5.41) is 7.05. The van der Waals surface area contributed by atoms with Crippen LogP contribution in [0.15, 0.2) is 53.5 Å². The molecule has 0 saturated carbocycles. The third-order valence-electron chi connectivity index (χ3n) is 5.05. The number of nitrogens with one attached hydrogen (secondary N) is 2. The van der Waals surface area contributed by atoms with Crippen LogP contribution in [-0.2, 0) is 11.3 Å². The van der Waals surface area contributed by atoms with Crippen molar-refractivity contribution >= 4 is 29.2 Å². The number of nitrogens with zero attached hydrogens (tertiary/aromatic N) is 3. The largest absolute Gasteiger partial charge is 0.497 e. The number of methoxy groups -OCH3 is 1. The van der Waals surface area contributed by atoms with Gasteiger partial charge in [0, 0.05) is 50.5 Å². The van der Waals surface area contributed by atoms with E-state index in [4.69, 9.17) is 16.3 Å². The Balaban J connectivity index is 1.42. The molecule has 0 aliphatic carbocycles. The first-order valence-corrected chi connectivity index (χ1v) is 10.3. The molecule has 1 amide bonds. The lowest BCUT2D eigenvalue weighted by Crippen LogP contribution is -2.52. The number of rotatable bonds is 6. The van der Waals surface area contributed by atoms with E-state index in [1.807, 2.05) is 53.4 Å². The van der Waals surface area contributed by atoms with E-state index in [0.717, 1.165) is 35.1 Å². The number of benzene rings is 2. The van der Waals surface area contributed by atoms with Crippen LogP contribution in [0.1, 0.15) is 5.56 Å². The molecule has 0 spiro atoms. The summed E-state index contributed by atoms with van der Waals surface area (Å²) in [4.78, 5) is 20.9. The molecule has 0 radical (unpaired) electrons. The Morgan fingerprint density at radius 1 is 1.10 bits per heavy atom. The monoisotopic (exact) mass is 429 g/mol. The van der Waals surface area contributed by atoms with Crippen LogP contribution in [0.2, 0.25) is 5.02 Å². The van der Waals surface area contributed by atoms with Crippen LogP contribution in [0, 0.1) is 0 Å². The fourth-order valence-corrected chi connectivity index (χ4v) is 3.45. The van der Waals surface area contributed by atoms with Gasteiger partial charge in [-0.1, -0.05) is 23.7 Å². The van der Waals surface area contributed by atoms with Crippen molar-refractivity contribution in [1.29, 1.82) is 0 Å².